The zero-order valence-electron chi connectivity index (χ0n) is 14.8. The van der Waals surface area contributed by atoms with Crippen LogP contribution in [0.3, 0.4) is 0 Å². The van der Waals surface area contributed by atoms with Gasteiger partial charge < -0.3 is 5.73 Å². The summed E-state index contributed by atoms with van der Waals surface area (Å²) in [6.07, 6.45) is 1.88. The van der Waals surface area contributed by atoms with Gasteiger partial charge >= 0.3 is 0 Å². The summed E-state index contributed by atoms with van der Waals surface area (Å²) in [6, 6.07) is 9.06. The van der Waals surface area contributed by atoms with Crippen molar-refractivity contribution >= 4 is 40.4 Å². The minimum absolute atomic E-state index is 0.211. The summed E-state index contributed by atoms with van der Waals surface area (Å²) in [5.41, 5.74) is 7.81. The highest BCUT2D eigenvalue weighted by atomic mass is 35.5. The van der Waals surface area contributed by atoms with Gasteiger partial charge in [-0.2, -0.15) is 5.10 Å². The first kappa shape index (κ1) is 19.5. The summed E-state index contributed by atoms with van der Waals surface area (Å²) in [4.78, 5) is 13.7. The molecule has 27 heavy (non-hydrogen) atoms. The van der Waals surface area contributed by atoms with Crippen molar-refractivity contribution in [2.75, 3.05) is 0 Å². The molecule has 1 amide bonds. The number of amides is 1. The molecule has 3 aromatic rings. The third-order valence-corrected chi connectivity index (χ3v) is 5.46. The minimum Gasteiger partial charge on any atom is -0.364 e. The second kappa shape index (κ2) is 8.18. The van der Waals surface area contributed by atoms with Crippen molar-refractivity contribution in [2.24, 2.45) is 5.73 Å². The fourth-order valence-corrected chi connectivity index (χ4v) is 4.11. The normalized spacial score (nSPS) is 10.5. The van der Waals surface area contributed by atoms with Crippen molar-refractivity contribution < 1.29 is 4.79 Å². The van der Waals surface area contributed by atoms with Gasteiger partial charge in [-0.05, 0) is 43.7 Å². The standard InChI is InChI=1S/C20H17Cl2N3OS/c1-3-4-5-6-14-8-10-17(27-14)19-12(2)18(20(23)26)24-25(19)16-9-7-13(21)11-15(16)22/h7-11H,3-4H2,1-2H3,(H2,23,26). The number of rotatable bonds is 4. The molecule has 0 bridgehead atoms. The van der Waals surface area contributed by atoms with E-state index in [1.807, 2.05) is 19.1 Å². The van der Waals surface area contributed by atoms with Crippen LogP contribution < -0.4 is 5.73 Å². The Hall–Kier alpha value is -2.26. The van der Waals surface area contributed by atoms with E-state index in [-0.39, 0.29) is 5.69 Å². The van der Waals surface area contributed by atoms with E-state index in [0.717, 1.165) is 28.3 Å². The number of nitrogens with two attached hydrogens (primary N) is 1. The molecule has 0 aliphatic heterocycles. The number of carbonyl (C=O) groups is 1. The van der Waals surface area contributed by atoms with Crippen molar-refractivity contribution in [3.63, 3.8) is 0 Å². The number of hydrogen-bond donors (Lipinski definition) is 1. The number of carbonyl (C=O) groups excluding carboxylic acids is 1. The maximum absolute atomic E-state index is 11.8. The van der Waals surface area contributed by atoms with Gasteiger partial charge in [0.15, 0.2) is 5.69 Å². The number of aromatic nitrogens is 2. The number of thiophene rings is 1. The molecule has 0 aliphatic rings. The van der Waals surface area contributed by atoms with Gasteiger partial charge in [-0.1, -0.05) is 42.0 Å². The van der Waals surface area contributed by atoms with Crippen LogP contribution in [0.2, 0.25) is 10.0 Å². The highest BCUT2D eigenvalue weighted by Crippen LogP contribution is 2.35. The third-order valence-electron chi connectivity index (χ3n) is 3.92. The zero-order valence-corrected chi connectivity index (χ0v) is 17.2. The zero-order chi connectivity index (χ0) is 19.6. The number of halogens is 2. The van der Waals surface area contributed by atoms with Gasteiger partial charge in [0.05, 0.1) is 26.2 Å². The van der Waals surface area contributed by atoms with E-state index in [2.05, 4.69) is 23.9 Å². The molecule has 2 N–H and O–H groups in total. The first-order valence-electron chi connectivity index (χ1n) is 8.36. The Morgan fingerprint density at radius 2 is 2.07 bits per heavy atom. The van der Waals surface area contributed by atoms with Crippen molar-refractivity contribution in [1.29, 1.82) is 0 Å². The van der Waals surface area contributed by atoms with Crippen LogP contribution in [0.25, 0.3) is 16.3 Å². The molecular weight excluding hydrogens is 401 g/mol. The van der Waals surface area contributed by atoms with Crippen molar-refractivity contribution in [2.45, 2.75) is 26.7 Å². The van der Waals surface area contributed by atoms with E-state index in [4.69, 9.17) is 28.9 Å². The van der Waals surface area contributed by atoms with Gasteiger partial charge in [-0.3, -0.25) is 4.79 Å². The Morgan fingerprint density at radius 3 is 2.74 bits per heavy atom. The average molecular weight is 418 g/mol. The Kier molecular flexibility index (Phi) is 5.91. The number of primary amides is 1. The molecule has 0 radical (unpaired) electrons. The maximum Gasteiger partial charge on any atom is 0.269 e. The Morgan fingerprint density at radius 1 is 1.30 bits per heavy atom. The fraction of sp³-hybridized carbons (Fsp3) is 0.200. The van der Waals surface area contributed by atoms with Crippen LogP contribution in [0, 0.1) is 18.8 Å². The SMILES string of the molecule is CCCC#Cc1ccc(-c2c(C)c(C(N)=O)nn2-c2ccc(Cl)cc2Cl)s1. The van der Waals surface area contributed by atoms with Gasteiger partial charge in [0.1, 0.15) is 0 Å². The van der Waals surface area contributed by atoms with Gasteiger partial charge in [0.25, 0.3) is 5.91 Å². The first-order chi connectivity index (χ1) is 12.9. The fourth-order valence-electron chi connectivity index (χ4n) is 2.65. The first-order valence-corrected chi connectivity index (χ1v) is 9.93. The molecule has 2 aromatic heterocycles. The van der Waals surface area contributed by atoms with Crippen LogP contribution in [0.15, 0.2) is 30.3 Å². The number of nitrogens with zero attached hydrogens (tertiary/aromatic N) is 2. The lowest BCUT2D eigenvalue weighted by Gasteiger charge is -2.09. The molecule has 7 heteroatoms. The summed E-state index contributed by atoms with van der Waals surface area (Å²) in [5.74, 6) is 5.72. The van der Waals surface area contributed by atoms with Gasteiger partial charge in [-0.15, -0.1) is 11.3 Å². The molecule has 0 aliphatic carbocycles. The molecule has 0 saturated heterocycles. The van der Waals surface area contributed by atoms with E-state index in [0.29, 0.717) is 21.3 Å². The average Bonchev–Trinajstić information content (AvgIpc) is 3.19. The van der Waals surface area contributed by atoms with Crippen molar-refractivity contribution in [3.05, 3.63) is 56.5 Å². The Bertz CT molecular complexity index is 1070. The Labute approximate surface area is 171 Å². The molecule has 4 nitrogen and oxygen atoms in total. The van der Waals surface area contributed by atoms with Crippen LogP contribution in [0.1, 0.15) is 40.7 Å². The number of unbranched alkanes of at least 4 members (excludes halogenated alkanes) is 1. The third kappa shape index (κ3) is 4.03. The van der Waals surface area contributed by atoms with Gasteiger partial charge in [-0.25, -0.2) is 4.68 Å². The molecule has 0 spiro atoms. The summed E-state index contributed by atoms with van der Waals surface area (Å²) >= 11 is 13.9. The molecule has 3 rings (SSSR count). The molecule has 0 fully saturated rings. The largest absolute Gasteiger partial charge is 0.364 e. The van der Waals surface area contributed by atoms with Crippen LogP contribution in [0.4, 0.5) is 0 Å². The summed E-state index contributed by atoms with van der Waals surface area (Å²) < 4.78 is 1.64. The maximum atomic E-state index is 11.8. The monoisotopic (exact) mass is 417 g/mol. The van der Waals surface area contributed by atoms with Crippen molar-refractivity contribution in [1.82, 2.24) is 9.78 Å². The highest BCUT2D eigenvalue weighted by molar-refractivity contribution is 7.16. The quantitative estimate of drug-likeness (QED) is 0.572. The molecule has 0 atom stereocenters. The minimum atomic E-state index is -0.586. The molecular formula is C20H17Cl2N3OS. The van der Waals surface area contributed by atoms with E-state index in [9.17, 15) is 4.79 Å². The predicted molar refractivity (Wildman–Crippen MR) is 112 cm³/mol. The lowest BCUT2D eigenvalue weighted by molar-refractivity contribution is 0.0994. The van der Waals surface area contributed by atoms with Crippen LogP contribution in [0.5, 0.6) is 0 Å². The molecule has 138 valence electrons. The number of hydrogen-bond acceptors (Lipinski definition) is 3. The lowest BCUT2D eigenvalue weighted by Crippen LogP contribution is -2.13. The van der Waals surface area contributed by atoms with E-state index >= 15 is 0 Å². The van der Waals surface area contributed by atoms with Crippen molar-refractivity contribution in [3.8, 4) is 28.1 Å². The topological polar surface area (TPSA) is 60.9 Å². The molecule has 0 unspecified atom stereocenters. The number of benzene rings is 1. The molecule has 2 heterocycles. The van der Waals surface area contributed by atoms with Gasteiger partial charge in [0.2, 0.25) is 0 Å². The summed E-state index contributed by atoms with van der Waals surface area (Å²) in [7, 11) is 0. The highest BCUT2D eigenvalue weighted by Gasteiger charge is 2.22. The van der Waals surface area contributed by atoms with Gasteiger partial charge in [0, 0.05) is 17.0 Å². The predicted octanol–water partition coefficient (Wildman–Crippen LogP) is 5.47. The molecule has 0 saturated carbocycles. The smallest absolute Gasteiger partial charge is 0.269 e. The van der Waals surface area contributed by atoms with E-state index in [1.165, 1.54) is 11.3 Å². The van der Waals surface area contributed by atoms with Crippen LogP contribution >= 0.6 is 34.5 Å². The van der Waals surface area contributed by atoms with Crippen LogP contribution in [-0.2, 0) is 0 Å². The Balaban J connectivity index is 2.17. The summed E-state index contributed by atoms with van der Waals surface area (Å²) in [6.45, 7) is 3.92. The van der Waals surface area contributed by atoms with E-state index in [1.54, 1.807) is 22.9 Å². The van der Waals surface area contributed by atoms with Crippen LogP contribution in [-0.4, -0.2) is 15.7 Å². The van der Waals surface area contributed by atoms with E-state index < -0.39 is 5.91 Å². The lowest BCUT2D eigenvalue weighted by atomic mass is 10.1. The second-order valence-corrected chi connectivity index (χ2v) is 7.84. The second-order valence-electron chi connectivity index (χ2n) is 5.91. The molecule has 1 aromatic carbocycles. The summed E-state index contributed by atoms with van der Waals surface area (Å²) in [5, 5.41) is 5.37.